The van der Waals surface area contributed by atoms with Crippen LogP contribution in [0.1, 0.15) is 98.1 Å². The lowest BCUT2D eigenvalue weighted by molar-refractivity contribution is -0.262. The number of aliphatic hydroxyl groups is 2. The van der Waals surface area contributed by atoms with Crippen molar-refractivity contribution in [1.29, 1.82) is 0 Å². The van der Waals surface area contributed by atoms with Crippen LogP contribution in [0.5, 0.6) is 0 Å². The van der Waals surface area contributed by atoms with Crippen molar-refractivity contribution in [3.05, 3.63) is 12.7 Å². The van der Waals surface area contributed by atoms with E-state index in [1.807, 2.05) is 0 Å². The van der Waals surface area contributed by atoms with E-state index in [9.17, 15) is 34.2 Å². The first-order chi connectivity index (χ1) is 26.4. The number of fused-ring (bicyclic) bond motifs is 1. The summed E-state index contributed by atoms with van der Waals surface area (Å²) in [6, 6.07) is 0. The van der Waals surface area contributed by atoms with Crippen molar-refractivity contribution in [1.82, 2.24) is 19.5 Å². The predicted molar refractivity (Wildman–Crippen MR) is 200 cm³/mol. The van der Waals surface area contributed by atoms with Crippen molar-refractivity contribution in [2.75, 3.05) is 18.9 Å². The third-order valence-corrected chi connectivity index (χ3v) is 13.3. The van der Waals surface area contributed by atoms with Gasteiger partial charge in [-0.15, -0.1) is 0 Å². The van der Waals surface area contributed by atoms with Gasteiger partial charge in [-0.2, -0.15) is 0 Å². The van der Waals surface area contributed by atoms with E-state index in [0.717, 1.165) is 32.6 Å². The molecule has 0 aliphatic carbocycles. The molecule has 2 aromatic rings. The zero-order valence-electron chi connectivity index (χ0n) is 31.8. The summed E-state index contributed by atoms with van der Waals surface area (Å²) in [5, 5.41) is 21.3. The molecule has 2 fully saturated rings. The fraction of sp³-hybridized carbons (Fsp3) is 0.788. The van der Waals surface area contributed by atoms with E-state index in [1.165, 1.54) is 42.9 Å². The lowest BCUT2D eigenvalue weighted by Gasteiger charge is -2.44. The van der Waals surface area contributed by atoms with Gasteiger partial charge in [0.05, 0.1) is 19.0 Å². The number of ether oxygens (including phenoxy) is 4. The molecular formula is C33H54FN5O14P2S. The molecule has 5 unspecified atom stereocenters. The molecular weight excluding hydrogens is 803 g/mol. The number of alkyl halides is 1. The van der Waals surface area contributed by atoms with E-state index in [4.69, 9.17) is 49.8 Å². The standard InChI is InChI=1S/C33H54FN5O14P2S/c1-5-6-7-8-9-10-11-12-13-14-24(41)47-15-22(34)28-19(2)20(3)29(49-21(4)40)33(51-28)52-54(44,45)53-55(46,56)48-16-23-26(42)27(43)32(50-23)39-18-38-25-30(35)36-17-37-31(25)39/h17-20,22-23,26-29,32-33,42-43H,5-16H2,1-4H3,(H,44,45)(H,46,56)(H2,35,36,37)/t19-,20-,22-,23+,26-,27?,28?,29?,32+,33-,55?/m0/s1. The number of nitrogens with zero attached hydrogens (tertiary/aromatic N) is 4. The zero-order valence-corrected chi connectivity index (χ0v) is 34.4. The second-order valence-corrected chi connectivity index (χ2v) is 18.5. The minimum atomic E-state index is -5.44. The number of phosphoric ester groups is 1. The van der Waals surface area contributed by atoms with Crippen LogP contribution in [0.2, 0.25) is 0 Å². The fourth-order valence-corrected chi connectivity index (χ4v) is 9.70. The number of aliphatic hydroxyl groups excluding tert-OH is 2. The molecule has 0 amide bonds. The Kier molecular flexibility index (Phi) is 17.5. The molecule has 2 aliphatic rings. The van der Waals surface area contributed by atoms with E-state index in [1.54, 1.807) is 13.8 Å². The Morgan fingerprint density at radius 1 is 1.02 bits per heavy atom. The Hall–Kier alpha value is -2.26. The van der Waals surface area contributed by atoms with Crippen LogP contribution in [0.15, 0.2) is 12.7 Å². The number of phosphoric acid groups is 1. The minimum Gasteiger partial charge on any atom is -0.462 e. The Labute approximate surface area is 329 Å². The second kappa shape index (κ2) is 21.1. The third kappa shape index (κ3) is 12.9. The molecule has 318 valence electrons. The lowest BCUT2D eigenvalue weighted by Crippen LogP contribution is -2.55. The normalized spacial score (nSPS) is 29.4. The number of imidazole rings is 1. The predicted octanol–water partition coefficient (Wildman–Crippen LogP) is 4.13. The van der Waals surface area contributed by atoms with Crippen LogP contribution in [0.25, 0.3) is 11.2 Å². The summed E-state index contributed by atoms with van der Waals surface area (Å²) < 4.78 is 67.2. The van der Waals surface area contributed by atoms with Crippen molar-refractivity contribution in [3.63, 3.8) is 0 Å². The van der Waals surface area contributed by atoms with E-state index in [-0.39, 0.29) is 23.4 Å². The average molecular weight is 858 g/mol. The van der Waals surface area contributed by atoms with Crippen molar-refractivity contribution >= 4 is 55.3 Å². The Morgan fingerprint density at radius 2 is 1.68 bits per heavy atom. The molecule has 0 aromatic carbocycles. The number of carbonyl (C=O) groups is 2. The van der Waals surface area contributed by atoms with Crippen molar-refractivity contribution in [2.45, 2.75) is 141 Å². The Morgan fingerprint density at radius 3 is 2.34 bits per heavy atom. The molecule has 19 nitrogen and oxygen atoms in total. The molecule has 4 heterocycles. The summed E-state index contributed by atoms with van der Waals surface area (Å²) in [5.41, 5.74) is 6.22. The molecule has 2 saturated heterocycles. The van der Waals surface area contributed by atoms with E-state index < -0.39 is 101 Å². The number of aromatic nitrogens is 4. The summed E-state index contributed by atoms with van der Waals surface area (Å²) in [6.07, 6.45) is -0.144. The van der Waals surface area contributed by atoms with Crippen LogP contribution in [0.3, 0.4) is 0 Å². The van der Waals surface area contributed by atoms with Gasteiger partial charge >= 0.3 is 26.5 Å². The Balaban J connectivity index is 1.31. The molecule has 2 aliphatic heterocycles. The molecule has 0 saturated carbocycles. The molecule has 23 heteroatoms. The van der Waals surface area contributed by atoms with E-state index >= 15 is 4.39 Å². The summed E-state index contributed by atoms with van der Waals surface area (Å²) in [6.45, 7) is 0.356. The maximum absolute atomic E-state index is 15.6. The summed E-state index contributed by atoms with van der Waals surface area (Å²) in [7, 11) is -5.44. The number of unbranched alkanes of at least 4 members (excludes halogenated alkanes) is 8. The van der Waals surface area contributed by atoms with Crippen LogP contribution in [-0.2, 0) is 58.3 Å². The van der Waals surface area contributed by atoms with Gasteiger partial charge in [0.15, 0.2) is 30.0 Å². The van der Waals surface area contributed by atoms with Crippen molar-refractivity contribution in [2.24, 2.45) is 11.8 Å². The molecule has 0 bridgehead atoms. The van der Waals surface area contributed by atoms with Crippen molar-refractivity contribution in [3.8, 4) is 0 Å². The number of nitrogen functional groups attached to an aromatic ring is 1. The molecule has 56 heavy (non-hydrogen) atoms. The quantitative estimate of drug-likeness (QED) is 0.0633. The van der Waals surface area contributed by atoms with Gasteiger partial charge in [0.2, 0.25) is 6.29 Å². The highest BCUT2D eigenvalue weighted by Crippen LogP contribution is 2.62. The van der Waals surface area contributed by atoms with Crippen LogP contribution in [-0.4, -0.2) is 108 Å². The third-order valence-electron chi connectivity index (χ3n) is 9.82. The molecule has 4 rings (SSSR count). The van der Waals surface area contributed by atoms with Gasteiger partial charge in [-0.1, -0.05) is 72.1 Å². The summed E-state index contributed by atoms with van der Waals surface area (Å²) >= 11 is 4.91. The second-order valence-electron chi connectivity index (χ2n) is 14.1. The van der Waals surface area contributed by atoms with Gasteiger partial charge in [0.25, 0.3) is 0 Å². The zero-order chi connectivity index (χ0) is 41.2. The van der Waals surface area contributed by atoms with Crippen molar-refractivity contribution < 1.29 is 70.8 Å². The number of halogens is 1. The molecule has 6 N–H and O–H groups in total. The molecule has 0 spiro atoms. The van der Waals surface area contributed by atoms with Gasteiger partial charge in [0.1, 0.15) is 36.8 Å². The first-order valence-electron chi connectivity index (χ1n) is 18.7. The first kappa shape index (κ1) is 46.4. The van der Waals surface area contributed by atoms with Gasteiger partial charge in [-0.05, 0) is 24.1 Å². The number of esters is 2. The number of carbonyl (C=O) groups excluding carboxylic acids is 2. The van der Waals surface area contributed by atoms with Crippen LogP contribution >= 0.6 is 14.5 Å². The van der Waals surface area contributed by atoms with Crippen LogP contribution in [0.4, 0.5) is 10.2 Å². The highest BCUT2D eigenvalue weighted by Gasteiger charge is 2.51. The maximum atomic E-state index is 15.6. The topological polar surface area (TPSA) is 266 Å². The number of rotatable bonds is 22. The van der Waals surface area contributed by atoms with Gasteiger partial charge < -0.3 is 49.2 Å². The number of hydrogen-bond donors (Lipinski definition) is 5. The highest BCUT2D eigenvalue weighted by molar-refractivity contribution is 8.08. The smallest absolute Gasteiger partial charge is 0.462 e. The number of anilines is 1. The summed E-state index contributed by atoms with van der Waals surface area (Å²) in [4.78, 5) is 57.7. The molecule has 12 atom stereocenters. The lowest BCUT2D eigenvalue weighted by atomic mass is 9.82. The average Bonchev–Trinajstić information content (AvgIpc) is 3.68. The van der Waals surface area contributed by atoms with Gasteiger partial charge in [-0.3, -0.25) is 18.7 Å². The van der Waals surface area contributed by atoms with Crippen LogP contribution < -0.4 is 5.73 Å². The monoisotopic (exact) mass is 857 g/mol. The molecule has 0 radical (unpaired) electrons. The van der Waals surface area contributed by atoms with Crippen LogP contribution in [0, 0.1) is 11.8 Å². The SMILES string of the molecule is CCCCCCCCCCCC(=O)OC[C@H](F)C1O[C@@H](OP(=O)(O)OP(O)(=S)OC[C@H]2O[C@@H](n3cnc4c(N)ncnc43)C(O)[C@H]2O)C(OC(C)=O)[C@@H](C)[C@@H]1C. The molecule has 2 aromatic heterocycles. The van der Waals surface area contributed by atoms with Gasteiger partial charge in [0, 0.05) is 19.3 Å². The Bertz CT molecular complexity index is 1700. The first-order valence-corrected chi connectivity index (χ1v) is 22.8. The minimum absolute atomic E-state index is 0.0672. The number of hydrogen-bond acceptors (Lipinski definition) is 17. The largest absolute Gasteiger partial charge is 0.481 e. The highest BCUT2D eigenvalue weighted by atomic mass is 32.5. The number of nitrogens with two attached hydrogens (primary N) is 1. The van der Waals surface area contributed by atoms with E-state index in [2.05, 4.69) is 21.9 Å². The fourth-order valence-electron chi connectivity index (χ4n) is 6.60. The van der Waals surface area contributed by atoms with Gasteiger partial charge in [-0.25, -0.2) is 28.2 Å². The van der Waals surface area contributed by atoms with E-state index in [0.29, 0.717) is 6.42 Å². The summed E-state index contributed by atoms with van der Waals surface area (Å²) in [5.74, 6) is -2.69. The maximum Gasteiger partial charge on any atom is 0.481 e.